The van der Waals surface area contributed by atoms with Gasteiger partial charge in [0.1, 0.15) is 0 Å². The molecule has 1 fully saturated rings. The minimum Gasteiger partial charge on any atom is -0.207 e. The smallest absolute Gasteiger partial charge is 0.207 e. The predicted molar refractivity (Wildman–Crippen MR) is 37.1 cm³/mol. The summed E-state index contributed by atoms with van der Waals surface area (Å²) in [7, 11) is 0. The van der Waals surface area contributed by atoms with Crippen LogP contribution in [0.1, 0.15) is 33.1 Å². The van der Waals surface area contributed by atoms with Crippen LogP contribution in [0, 0.1) is 11.8 Å². The molecule has 0 bridgehead atoms. The second-order valence-corrected chi connectivity index (χ2v) is 3.34. The molecule has 0 nitrogen and oxygen atoms in total. The highest BCUT2D eigenvalue weighted by Crippen LogP contribution is 2.53. The first-order chi connectivity index (χ1) is 4.58. The Hall–Kier alpha value is -0.140. The number of hydrogen-bond acceptors (Lipinski definition) is 0. The van der Waals surface area contributed by atoms with Crippen LogP contribution in [0.15, 0.2) is 0 Å². The first-order valence-electron chi connectivity index (χ1n) is 3.95. The van der Waals surface area contributed by atoms with Gasteiger partial charge in [0.25, 0.3) is 5.92 Å². The Balaban J connectivity index is 2.25. The van der Waals surface area contributed by atoms with E-state index in [0.717, 1.165) is 12.8 Å². The molecule has 60 valence electrons. The topological polar surface area (TPSA) is 0 Å². The van der Waals surface area contributed by atoms with Crippen molar-refractivity contribution in [2.24, 2.45) is 11.8 Å². The van der Waals surface area contributed by atoms with Crippen molar-refractivity contribution in [1.82, 2.24) is 0 Å². The molecule has 0 radical (unpaired) electrons. The summed E-state index contributed by atoms with van der Waals surface area (Å²) in [5, 5.41) is 0. The molecular formula is C8H14F2. The summed E-state index contributed by atoms with van der Waals surface area (Å²) in [5.74, 6) is -2.39. The third-order valence-electron chi connectivity index (χ3n) is 2.31. The number of halogens is 2. The summed E-state index contributed by atoms with van der Waals surface area (Å²) in [4.78, 5) is 0. The molecule has 0 aromatic carbocycles. The highest BCUT2D eigenvalue weighted by molar-refractivity contribution is 4.97. The molecule has 0 N–H and O–H groups in total. The Kier molecular flexibility index (Phi) is 1.97. The summed E-state index contributed by atoms with van der Waals surface area (Å²) in [6.07, 6.45) is 2.10. The van der Waals surface area contributed by atoms with Crippen molar-refractivity contribution < 1.29 is 8.78 Å². The van der Waals surface area contributed by atoms with Crippen molar-refractivity contribution >= 4 is 0 Å². The lowest BCUT2D eigenvalue weighted by Gasteiger charge is -2.06. The van der Waals surface area contributed by atoms with Crippen molar-refractivity contribution in [2.75, 3.05) is 0 Å². The molecule has 0 heterocycles. The molecule has 2 atom stereocenters. The summed E-state index contributed by atoms with van der Waals surface area (Å²) in [6, 6.07) is 0. The maximum atomic E-state index is 12.4. The second-order valence-electron chi connectivity index (χ2n) is 3.34. The van der Waals surface area contributed by atoms with Crippen LogP contribution >= 0.6 is 0 Å². The van der Waals surface area contributed by atoms with Crippen LogP contribution in [0.5, 0.6) is 0 Å². The summed E-state index contributed by atoms with van der Waals surface area (Å²) in [6.45, 7) is 3.96. The van der Waals surface area contributed by atoms with Crippen LogP contribution in [0.4, 0.5) is 8.78 Å². The van der Waals surface area contributed by atoms with E-state index in [-0.39, 0.29) is 18.3 Å². The van der Waals surface area contributed by atoms with Crippen LogP contribution in [0.25, 0.3) is 0 Å². The third kappa shape index (κ3) is 1.47. The predicted octanol–water partition coefficient (Wildman–Crippen LogP) is 3.08. The van der Waals surface area contributed by atoms with Gasteiger partial charge in [0, 0.05) is 12.3 Å². The zero-order valence-electron chi connectivity index (χ0n) is 6.53. The fraction of sp³-hybridized carbons (Fsp3) is 1.00. The Morgan fingerprint density at radius 2 is 2.10 bits per heavy atom. The number of rotatable bonds is 3. The molecule has 0 aliphatic heterocycles. The first-order valence-corrected chi connectivity index (χ1v) is 3.95. The first kappa shape index (κ1) is 7.96. The van der Waals surface area contributed by atoms with Gasteiger partial charge in [-0.15, -0.1) is 0 Å². The van der Waals surface area contributed by atoms with Crippen molar-refractivity contribution in [3.8, 4) is 0 Å². The quantitative estimate of drug-likeness (QED) is 0.577. The molecular weight excluding hydrogens is 134 g/mol. The van der Waals surface area contributed by atoms with Gasteiger partial charge >= 0.3 is 0 Å². The van der Waals surface area contributed by atoms with Crippen molar-refractivity contribution in [3.05, 3.63) is 0 Å². The fourth-order valence-electron chi connectivity index (χ4n) is 1.51. The van der Waals surface area contributed by atoms with Gasteiger partial charge < -0.3 is 0 Å². The fourth-order valence-corrected chi connectivity index (χ4v) is 1.51. The zero-order chi connectivity index (χ0) is 7.78. The molecule has 0 spiro atoms. The van der Waals surface area contributed by atoms with Crippen molar-refractivity contribution in [1.29, 1.82) is 0 Å². The average molecular weight is 148 g/mol. The third-order valence-corrected chi connectivity index (χ3v) is 2.31. The van der Waals surface area contributed by atoms with E-state index in [1.165, 1.54) is 0 Å². The van der Waals surface area contributed by atoms with Gasteiger partial charge in [-0.1, -0.05) is 26.7 Å². The lowest BCUT2D eigenvalue weighted by molar-refractivity contribution is 0.0856. The van der Waals surface area contributed by atoms with Gasteiger partial charge in [0.2, 0.25) is 0 Å². The molecule has 2 heteroatoms. The SMILES string of the molecule is CCCC(C)C1CC1(F)F. The van der Waals surface area contributed by atoms with E-state index in [0.29, 0.717) is 0 Å². The molecule has 0 saturated heterocycles. The molecule has 1 aliphatic carbocycles. The van der Waals surface area contributed by atoms with Gasteiger partial charge in [-0.05, 0) is 5.92 Å². The van der Waals surface area contributed by atoms with E-state index < -0.39 is 5.92 Å². The molecule has 0 amide bonds. The maximum Gasteiger partial charge on any atom is 0.251 e. The number of alkyl halides is 2. The largest absolute Gasteiger partial charge is 0.251 e. The molecule has 10 heavy (non-hydrogen) atoms. The Morgan fingerprint density at radius 1 is 1.60 bits per heavy atom. The normalized spacial score (nSPS) is 31.8. The van der Waals surface area contributed by atoms with Crippen LogP contribution in [0.2, 0.25) is 0 Å². The minimum absolute atomic E-state index is 0.133. The minimum atomic E-state index is -2.31. The highest BCUT2D eigenvalue weighted by Gasteiger charge is 2.58. The van der Waals surface area contributed by atoms with E-state index in [2.05, 4.69) is 0 Å². The maximum absolute atomic E-state index is 12.4. The van der Waals surface area contributed by atoms with Gasteiger partial charge in [-0.2, -0.15) is 0 Å². The average Bonchev–Trinajstić information content (AvgIpc) is 2.41. The molecule has 0 aromatic rings. The summed E-state index contributed by atoms with van der Waals surface area (Å²) >= 11 is 0. The van der Waals surface area contributed by atoms with Gasteiger partial charge in [-0.3, -0.25) is 0 Å². The van der Waals surface area contributed by atoms with E-state index >= 15 is 0 Å². The lowest BCUT2D eigenvalue weighted by Crippen LogP contribution is -2.03. The second kappa shape index (κ2) is 2.48. The van der Waals surface area contributed by atoms with Gasteiger partial charge in [-0.25, -0.2) is 8.78 Å². The van der Waals surface area contributed by atoms with Gasteiger partial charge in [0.05, 0.1) is 0 Å². The molecule has 2 unspecified atom stereocenters. The standard InChI is InChI=1S/C8H14F2/c1-3-4-6(2)7-5-8(7,9)10/h6-7H,3-5H2,1-2H3. The van der Waals surface area contributed by atoms with E-state index in [1.807, 2.05) is 13.8 Å². The van der Waals surface area contributed by atoms with Crippen LogP contribution in [0.3, 0.4) is 0 Å². The van der Waals surface area contributed by atoms with Gasteiger partial charge in [0.15, 0.2) is 0 Å². The zero-order valence-corrected chi connectivity index (χ0v) is 6.53. The Morgan fingerprint density at radius 3 is 2.40 bits per heavy atom. The molecule has 1 rings (SSSR count). The Bertz CT molecular complexity index is 120. The monoisotopic (exact) mass is 148 g/mol. The molecule has 0 aromatic heterocycles. The molecule has 1 saturated carbocycles. The van der Waals surface area contributed by atoms with Crippen LogP contribution in [-0.4, -0.2) is 5.92 Å². The number of hydrogen-bond donors (Lipinski definition) is 0. The van der Waals surface area contributed by atoms with E-state index in [9.17, 15) is 8.78 Å². The highest BCUT2D eigenvalue weighted by atomic mass is 19.3. The lowest BCUT2D eigenvalue weighted by atomic mass is 10.0. The van der Waals surface area contributed by atoms with Crippen LogP contribution in [-0.2, 0) is 0 Å². The van der Waals surface area contributed by atoms with Crippen molar-refractivity contribution in [3.63, 3.8) is 0 Å². The Labute approximate surface area is 60.6 Å². The van der Waals surface area contributed by atoms with Crippen LogP contribution < -0.4 is 0 Å². The summed E-state index contributed by atoms with van der Waals surface area (Å²) < 4.78 is 24.7. The summed E-state index contributed by atoms with van der Waals surface area (Å²) in [5.41, 5.74) is 0. The van der Waals surface area contributed by atoms with Crippen molar-refractivity contribution in [2.45, 2.75) is 39.0 Å². The molecule has 1 aliphatic rings. The van der Waals surface area contributed by atoms with E-state index in [4.69, 9.17) is 0 Å². The van der Waals surface area contributed by atoms with E-state index in [1.54, 1.807) is 0 Å².